The molecule has 1 atom stereocenters. The summed E-state index contributed by atoms with van der Waals surface area (Å²) in [6, 6.07) is 16.5. The Morgan fingerprint density at radius 2 is 1.76 bits per heavy atom. The SMILES string of the molecule is NC(Cc1csc2ccccc12)c1coc2ccccc12. The van der Waals surface area contributed by atoms with Crippen molar-refractivity contribution in [3.8, 4) is 0 Å². The van der Waals surface area contributed by atoms with Gasteiger partial charge in [0.05, 0.1) is 6.26 Å². The van der Waals surface area contributed by atoms with Crippen molar-refractivity contribution in [2.45, 2.75) is 12.5 Å². The lowest BCUT2D eigenvalue weighted by Gasteiger charge is -2.09. The van der Waals surface area contributed by atoms with E-state index in [4.69, 9.17) is 10.2 Å². The molecular weight excluding hydrogens is 278 g/mol. The Balaban J connectivity index is 1.71. The number of hydrogen-bond acceptors (Lipinski definition) is 3. The maximum Gasteiger partial charge on any atom is 0.134 e. The summed E-state index contributed by atoms with van der Waals surface area (Å²) in [5.41, 5.74) is 9.73. The number of thiophene rings is 1. The lowest BCUT2D eigenvalue weighted by Crippen LogP contribution is -2.12. The van der Waals surface area contributed by atoms with Crippen LogP contribution < -0.4 is 5.73 Å². The van der Waals surface area contributed by atoms with E-state index in [-0.39, 0.29) is 6.04 Å². The Bertz CT molecular complexity index is 906. The first-order valence-electron chi connectivity index (χ1n) is 7.00. The van der Waals surface area contributed by atoms with Crippen molar-refractivity contribution < 1.29 is 4.42 Å². The van der Waals surface area contributed by atoms with Gasteiger partial charge in [-0.3, -0.25) is 0 Å². The third kappa shape index (κ3) is 2.15. The number of furan rings is 1. The second-order valence-electron chi connectivity index (χ2n) is 5.25. The van der Waals surface area contributed by atoms with Gasteiger partial charge in [0.15, 0.2) is 0 Å². The van der Waals surface area contributed by atoms with Gasteiger partial charge in [-0.05, 0) is 34.9 Å². The van der Waals surface area contributed by atoms with Gasteiger partial charge in [-0.25, -0.2) is 0 Å². The van der Waals surface area contributed by atoms with E-state index in [1.165, 1.54) is 15.6 Å². The van der Waals surface area contributed by atoms with Crippen LogP contribution in [0.15, 0.2) is 64.6 Å². The maximum atomic E-state index is 6.43. The fraction of sp³-hybridized carbons (Fsp3) is 0.111. The number of benzene rings is 2. The van der Waals surface area contributed by atoms with E-state index in [1.54, 1.807) is 17.6 Å². The summed E-state index contributed by atoms with van der Waals surface area (Å²) >= 11 is 1.78. The van der Waals surface area contributed by atoms with Crippen LogP contribution in [-0.4, -0.2) is 0 Å². The van der Waals surface area contributed by atoms with Gasteiger partial charge >= 0.3 is 0 Å². The smallest absolute Gasteiger partial charge is 0.134 e. The fourth-order valence-corrected chi connectivity index (χ4v) is 3.80. The quantitative estimate of drug-likeness (QED) is 0.584. The van der Waals surface area contributed by atoms with Gasteiger partial charge in [0, 0.05) is 21.7 Å². The van der Waals surface area contributed by atoms with Gasteiger partial charge in [0.25, 0.3) is 0 Å². The standard InChI is InChI=1S/C18H15NOS/c19-16(15-10-20-17-7-3-1-6-14(15)17)9-12-11-21-18-8-4-2-5-13(12)18/h1-8,10-11,16H,9,19H2. The molecule has 0 aliphatic heterocycles. The number of rotatable bonds is 3. The van der Waals surface area contributed by atoms with Gasteiger partial charge in [-0.15, -0.1) is 11.3 Å². The average Bonchev–Trinajstić information content (AvgIpc) is 3.12. The van der Waals surface area contributed by atoms with Crippen molar-refractivity contribution in [3.63, 3.8) is 0 Å². The Hall–Kier alpha value is -2.10. The summed E-state index contributed by atoms with van der Waals surface area (Å²) in [7, 11) is 0. The maximum absolute atomic E-state index is 6.43. The minimum absolute atomic E-state index is 0.0494. The molecule has 21 heavy (non-hydrogen) atoms. The molecule has 4 rings (SSSR count). The molecule has 2 aromatic heterocycles. The topological polar surface area (TPSA) is 39.2 Å². The minimum Gasteiger partial charge on any atom is -0.464 e. The summed E-state index contributed by atoms with van der Waals surface area (Å²) in [5.74, 6) is 0. The number of hydrogen-bond donors (Lipinski definition) is 1. The highest BCUT2D eigenvalue weighted by Gasteiger charge is 2.15. The summed E-state index contributed by atoms with van der Waals surface area (Å²) in [5, 5.41) is 4.64. The molecule has 2 nitrogen and oxygen atoms in total. The number of fused-ring (bicyclic) bond motifs is 2. The van der Waals surface area contributed by atoms with Crippen LogP contribution in [0.3, 0.4) is 0 Å². The highest BCUT2D eigenvalue weighted by Crippen LogP contribution is 2.31. The van der Waals surface area contributed by atoms with Crippen LogP contribution >= 0.6 is 11.3 Å². The Labute approximate surface area is 126 Å². The predicted octanol–water partition coefficient (Wildman–Crippen LogP) is 4.89. The normalized spacial score (nSPS) is 13.0. The summed E-state index contributed by atoms with van der Waals surface area (Å²) in [6.07, 6.45) is 2.62. The first kappa shape index (κ1) is 12.6. The van der Waals surface area contributed by atoms with Crippen molar-refractivity contribution in [1.29, 1.82) is 0 Å². The number of para-hydroxylation sites is 1. The number of nitrogens with two attached hydrogens (primary N) is 1. The predicted molar refractivity (Wildman–Crippen MR) is 88.7 cm³/mol. The molecule has 0 bridgehead atoms. The summed E-state index contributed by atoms with van der Waals surface area (Å²) < 4.78 is 6.92. The van der Waals surface area contributed by atoms with Crippen LogP contribution in [0.1, 0.15) is 17.2 Å². The Kier molecular flexibility index (Phi) is 3.02. The van der Waals surface area contributed by atoms with Gasteiger partial charge < -0.3 is 10.2 Å². The van der Waals surface area contributed by atoms with Crippen molar-refractivity contribution in [2.24, 2.45) is 5.73 Å². The van der Waals surface area contributed by atoms with E-state index in [2.05, 4.69) is 35.7 Å². The third-order valence-corrected chi connectivity index (χ3v) is 4.92. The highest BCUT2D eigenvalue weighted by atomic mass is 32.1. The summed E-state index contributed by atoms with van der Waals surface area (Å²) in [6.45, 7) is 0. The molecule has 2 heterocycles. The molecule has 4 aromatic rings. The van der Waals surface area contributed by atoms with Crippen molar-refractivity contribution >= 4 is 32.4 Å². The van der Waals surface area contributed by atoms with E-state index in [9.17, 15) is 0 Å². The molecule has 0 aliphatic rings. The van der Waals surface area contributed by atoms with Crippen LogP contribution in [0.4, 0.5) is 0 Å². The van der Waals surface area contributed by atoms with E-state index >= 15 is 0 Å². The van der Waals surface area contributed by atoms with Crippen LogP contribution in [0.25, 0.3) is 21.1 Å². The zero-order chi connectivity index (χ0) is 14.2. The van der Waals surface area contributed by atoms with Crippen LogP contribution in [-0.2, 0) is 6.42 Å². The summed E-state index contributed by atoms with van der Waals surface area (Å²) in [4.78, 5) is 0. The van der Waals surface area contributed by atoms with Gasteiger partial charge in [-0.2, -0.15) is 0 Å². The highest BCUT2D eigenvalue weighted by molar-refractivity contribution is 7.17. The zero-order valence-electron chi connectivity index (χ0n) is 11.5. The molecule has 0 saturated carbocycles. The van der Waals surface area contributed by atoms with Gasteiger partial charge in [0.1, 0.15) is 5.58 Å². The first-order valence-corrected chi connectivity index (χ1v) is 7.88. The van der Waals surface area contributed by atoms with E-state index in [0.717, 1.165) is 23.0 Å². The molecule has 2 aromatic carbocycles. The fourth-order valence-electron chi connectivity index (χ4n) is 2.82. The molecule has 2 N–H and O–H groups in total. The van der Waals surface area contributed by atoms with Crippen LogP contribution in [0.2, 0.25) is 0 Å². The van der Waals surface area contributed by atoms with Gasteiger partial charge in [0.2, 0.25) is 0 Å². The third-order valence-electron chi connectivity index (χ3n) is 3.91. The lowest BCUT2D eigenvalue weighted by molar-refractivity contribution is 0.599. The van der Waals surface area contributed by atoms with Crippen molar-refractivity contribution in [2.75, 3.05) is 0 Å². The first-order chi connectivity index (χ1) is 10.3. The molecule has 0 spiro atoms. The van der Waals surface area contributed by atoms with Crippen LogP contribution in [0.5, 0.6) is 0 Å². The average molecular weight is 293 g/mol. The van der Waals surface area contributed by atoms with Crippen molar-refractivity contribution in [1.82, 2.24) is 0 Å². The Morgan fingerprint density at radius 1 is 1.00 bits per heavy atom. The molecular formula is C18H15NOS. The lowest BCUT2D eigenvalue weighted by atomic mass is 9.99. The van der Waals surface area contributed by atoms with Crippen molar-refractivity contribution in [3.05, 3.63) is 71.3 Å². The molecule has 104 valence electrons. The Morgan fingerprint density at radius 3 is 2.67 bits per heavy atom. The molecule has 0 amide bonds. The molecule has 3 heteroatoms. The molecule has 1 unspecified atom stereocenters. The minimum atomic E-state index is -0.0494. The monoisotopic (exact) mass is 293 g/mol. The van der Waals surface area contributed by atoms with Gasteiger partial charge in [-0.1, -0.05) is 36.4 Å². The second kappa shape index (κ2) is 5.02. The molecule has 0 fully saturated rings. The van der Waals surface area contributed by atoms with E-state index in [1.807, 2.05) is 18.2 Å². The largest absolute Gasteiger partial charge is 0.464 e. The molecule has 0 saturated heterocycles. The van der Waals surface area contributed by atoms with Crippen LogP contribution in [0, 0.1) is 0 Å². The second-order valence-corrected chi connectivity index (χ2v) is 6.17. The van der Waals surface area contributed by atoms with E-state index < -0.39 is 0 Å². The van der Waals surface area contributed by atoms with E-state index in [0.29, 0.717) is 0 Å². The molecule has 0 radical (unpaired) electrons. The molecule has 0 aliphatic carbocycles. The zero-order valence-corrected chi connectivity index (χ0v) is 12.3.